The van der Waals surface area contributed by atoms with Crippen molar-refractivity contribution in [2.45, 2.75) is 18.1 Å². The Kier molecular flexibility index (Phi) is 4.67. The molecule has 0 bridgehead atoms. The van der Waals surface area contributed by atoms with Gasteiger partial charge in [-0.25, -0.2) is 4.79 Å². The number of ether oxygens (including phenoxy) is 3. The smallest absolute Gasteiger partial charge is 0.373 e. The van der Waals surface area contributed by atoms with Crippen LogP contribution in [-0.2, 0) is 24.8 Å². The van der Waals surface area contributed by atoms with Crippen LogP contribution in [0, 0.1) is 0 Å². The zero-order valence-electron chi connectivity index (χ0n) is 13.8. The van der Waals surface area contributed by atoms with Crippen LogP contribution < -0.4 is 0 Å². The molecule has 2 aromatic rings. The minimum Gasteiger partial charge on any atom is -0.463 e. The average Bonchev–Trinajstić information content (AvgIpc) is 2.68. The number of esters is 1. The maximum Gasteiger partial charge on any atom is 0.373 e. The Morgan fingerprint density at radius 1 is 1.04 bits per heavy atom. The molecule has 0 aromatic heterocycles. The number of benzene rings is 2. The summed E-state index contributed by atoms with van der Waals surface area (Å²) >= 11 is 0. The Morgan fingerprint density at radius 3 is 2.25 bits per heavy atom. The Bertz CT molecular complexity index is 724. The number of methoxy groups -OCH3 is 2. The molecule has 0 unspecified atom stereocenters. The number of hydrogen-bond donors (Lipinski definition) is 0. The van der Waals surface area contributed by atoms with Crippen molar-refractivity contribution >= 4 is 5.97 Å². The lowest BCUT2D eigenvalue weighted by atomic mass is 9.86. The summed E-state index contributed by atoms with van der Waals surface area (Å²) in [4.78, 5) is 12.1. The third-order valence-electron chi connectivity index (χ3n) is 4.27. The lowest BCUT2D eigenvalue weighted by molar-refractivity contribution is -0.225. The molecule has 0 fully saturated rings. The van der Waals surface area contributed by atoms with Crippen molar-refractivity contribution in [1.82, 2.24) is 0 Å². The van der Waals surface area contributed by atoms with Crippen LogP contribution in [0.25, 0.3) is 0 Å². The first-order chi connectivity index (χ1) is 11.7. The van der Waals surface area contributed by atoms with Crippen LogP contribution in [-0.4, -0.2) is 20.2 Å². The molecule has 0 spiro atoms. The highest BCUT2D eigenvalue weighted by atomic mass is 16.7. The summed E-state index contributed by atoms with van der Waals surface area (Å²) in [6, 6.07) is 19.6. The van der Waals surface area contributed by atoms with Crippen molar-refractivity contribution in [3.63, 3.8) is 0 Å². The average molecular weight is 324 g/mol. The molecule has 0 saturated heterocycles. The van der Waals surface area contributed by atoms with Crippen molar-refractivity contribution in [2.75, 3.05) is 14.2 Å². The van der Waals surface area contributed by atoms with Gasteiger partial charge in [-0.05, 0) is 11.6 Å². The highest BCUT2D eigenvalue weighted by molar-refractivity contribution is 5.86. The normalized spacial score (nSPS) is 23.1. The first-order valence-electron chi connectivity index (χ1n) is 7.83. The van der Waals surface area contributed by atoms with Gasteiger partial charge in [-0.2, -0.15) is 0 Å². The van der Waals surface area contributed by atoms with E-state index in [0.717, 1.165) is 11.1 Å². The van der Waals surface area contributed by atoms with Gasteiger partial charge >= 0.3 is 5.97 Å². The van der Waals surface area contributed by atoms with Crippen molar-refractivity contribution in [2.24, 2.45) is 0 Å². The summed E-state index contributed by atoms with van der Waals surface area (Å²) in [5.41, 5.74) is 1.96. The predicted octanol–water partition coefficient (Wildman–Crippen LogP) is 3.75. The van der Waals surface area contributed by atoms with Gasteiger partial charge in [0.25, 0.3) is 0 Å². The molecular formula is C20H20O4. The van der Waals surface area contributed by atoms with E-state index in [-0.39, 0.29) is 11.7 Å². The van der Waals surface area contributed by atoms with Crippen LogP contribution in [0.15, 0.2) is 72.5 Å². The molecule has 0 N–H and O–H groups in total. The maximum atomic E-state index is 12.1. The third-order valence-corrected chi connectivity index (χ3v) is 4.27. The van der Waals surface area contributed by atoms with Crippen molar-refractivity contribution in [3.8, 4) is 0 Å². The molecule has 0 radical (unpaired) electrons. The van der Waals surface area contributed by atoms with Gasteiger partial charge in [0.1, 0.15) is 0 Å². The van der Waals surface area contributed by atoms with E-state index < -0.39 is 11.8 Å². The third kappa shape index (κ3) is 3.05. The van der Waals surface area contributed by atoms with Gasteiger partial charge in [0.2, 0.25) is 11.5 Å². The molecule has 1 aliphatic rings. The molecule has 24 heavy (non-hydrogen) atoms. The van der Waals surface area contributed by atoms with Crippen LogP contribution in [0.1, 0.15) is 23.5 Å². The molecule has 0 amide bonds. The summed E-state index contributed by atoms with van der Waals surface area (Å²) < 4.78 is 16.6. The fourth-order valence-electron chi connectivity index (χ4n) is 3.02. The Balaban J connectivity index is 2.06. The number of carbonyl (C=O) groups is 1. The van der Waals surface area contributed by atoms with E-state index in [1.807, 2.05) is 60.7 Å². The van der Waals surface area contributed by atoms with Crippen molar-refractivity contribution in [1.29, 1.82) is 0 Å². The molecule has 1 aliphatic heterocycles. The topological polar surface area (TPSA) is 44.8 Å². The largest absolute Gasteiger partial charge is 0.463 e. The molecule has 3 rings (SSSR count). The molecule has 2 atom stereocenters. The van der Waals surface area contributed by atoms with Gasteiger partial charge in [0.15, 0.2) is 0 Å². The van der Waals surface area contributed by atoms with Crippen LogP contribution >= 0.6 is 0 Å². The minimum absolute atomic E-state index is 0.0193. The zero-order chi connectivity index (χ0) is 17.0. The first kappa shape index (κ1) is 16.3. The van der Waals surface area contributed by atoms with Gasteiger partial charge in [-0.15, -0.1) is 0 Å². The molecule has 1 heterocycles. The van der Waals surface area contributed by atoms with Crippen molar-refractivity contribution in [3.05, 3.63) is 83.6 Å². The molecule has 4 heteroatoms. The van der Waals surface area contributed by atoms with Crippen LogP contribution in [0.5, 0.6) is 0 Å². The van der Waals surface area contributed by atoms with E-state index in [2.05, 4.69) is 0 Å². The van der Waals surface area contributed by atoms with E-state index in [0.29, 0.717) is 6.42 Å². The molecule has 124 valence electrons. The quantitative estimate of drug-likeness (QED) is 0.804. The number of carbonyl (C=O) groups excluding carboxylic acids is 1. The SMILES string of the molecule is COC(=O)C1=C[C@H](c2ccccc2)C[C@](OC)(c2ccccc2)O1. The van der Waals surface area contributed by atoms with E-state index >= 15 is 0 Å². The lowest BCUT2D eigenvalue weighted by Crippen LogP contribution is -2.38. The van der Waals surface area contributed by atoms with Gasteiger partial charge in [-0.3, -0.25) is 0 Å². The Labute approximate surface area is 141 Å². The second-order valence-corrected chi connectivity index (χ2v) is 5.67. The summed E-state index contributed by atoms with van der Waals surface area (Å²) in [5, 5.41) is 0. The van der Waals surface area contributed by atoms with Crippen LogP contribution in [0.4, 0.5) is 0 Å². The molecule has 2 aromatic carbocycles. The van der Waals surface area contributed by atoms with Crippen LogP contribution in [0.3, 0.4) is 0 Å². The molecule has 0 aliphatic carbocycles. The van der Waals surface area contributed by atoms with Gasteiger partial charge in [0.05, 0.1) is 7.11 Å². The fraction of sp³-hybridized carbons (Fsp3) is 0.250. The first-order valence-corrected chi connectivity index (χ1v) is 7.83. The summed E-state index contributed by atoms with van der Waals surface area (Å²) in [6.07, 6.45) is 2.37. The molecule has 0 saturated carbocycles. The Morgan fingerprint density at radius 2 is 1.67 bits per heavy atom. The second kappa shape index (κ2) is 6.89. The maximum absolute atomic E-state index is 12.1. The predicted molar refractivity (Wildman–Crippen MR) is 90.1 cm³/mol. The van der Waals surface area contributed by atoms with E-state index in [9.17, 15) is 4.79 Å². The van der Waals surface area contributed by atoms with E-state index in [1.54, 1.807) is 13.2 Å². The zero-order valence-corrected chi connectivity index (χ0v) is 13.8. The number of allylic oxidation sites excluding steroid dienone is 1. The Hall–Kier alpha value is -2.59. The van der Waals surface area contributed by atoms with Crippen molar-refractivity contribution < 1.29 is 19.0 Å². The monoisotopic (exact) mass is 324 g/mol. The highest BCUT2D eigenvalue weighted by Gasteiger charge is 2.43. The second-order valence-electron chi connectivity index (χ2n) is 5.67. The molecular weight excluding hydrogens is 304 g/mol. The van der Waals surface area contributed by atoms with E-state index in [4.69, 9.17) is 14.2 Å². The van der Waals surface area contributed by atoms with Gasteiger partial charge < -0.3 is 14.2 Å². The number of hydrogen-bond acceptors (Lipinski definition) is 4. The summed E-state index contributed by atoms with van der Waals surface area (Å²) in [5.74, 6) is -1.38. The molecule has 4 nitrogen and oxygen atoms in total. The summed E-state index contributed by atoms with van der Waals surface area (Å²) in [7, 11) is 2.94. The number of rotatable bonds is 4. The minimum atomic E-state index is -1.03. The standard InChI is InChI=1S/C20H20O4/c1-22-19(21)18-13-16(15-9-5-3-6-10-15)14-20(23-2,24-18)17-11-7-4-8-12-17/h3-13,16H,14H2,1-2H3/t16-,20+/m0/s1. The van der Waals surface area contributed by atoms with Gasteiger partial charge in [-0.1, -0.05) is 60.7 Å². The lowest BCUT2D eigenvalue weighted by Gasteiger charge is -2.39. The fourth-order valence-corrected chi connectivity index (χ4v) is 3.02. The summed E-state index contributed by atoms with van der Waals surface area (Å²) in [6.45, 7) is 0. The van der Waals surface area contributed by atoms with Gasteiger partial charge in [0, 0.05) is 25.0 Å². The highest BCUT2D eigenvalue weighted by Crippen LogP contribution is 2.43. The van der Waals surface area contributed by atoms with Crippen LogP contribution in [0.2, 0.25) is 0 Å². The van der Waals surface area contributed by atoms with E-state index in [1.165, 1.54) is 7.11 Å².